The van der Waals surface area contributed by atoms with E-state index in [1.54, 1.807) is 12.1 Å². The van der Waals surface area contributed by atoms with Crippen molar-refractivity contribution in [1.29, 1.82) is 0 Å². The van der Waals surface area contributed by atoms with Crippen molar-refractivity contribution in [3.8, 4) is 0 Å². The van der Waals surface area contributed by atoms with Gasteiger partial charge in [-0.15, -0.1) is 0 Å². The van der Waals surface area contributed by atoms with Crippen LogP contribution in [0, 0.1) is 5.92 Å². The zero-order valence-electron chi connectivity index (χ0n) is 9.14. The van der Waals surface area contributed by atoms with E-state index >= 15 is 0 Å². The van der Waals surface area contributed by atoms with Crippen LogP contribution >= 0.6 is 0 Å². The Bertz CT molecular complexity index is 560. The molecule has 0 bridgehead atoms. The molecule has 0 radical (unpaired) electrons. The summed E-state index contributed by atoms with van der Waals surface area (Å²) < 4.78 is 0. The molecule has 1 aliphatic heterocycles. The van der Waals surface area contributed by atoms with E-state index in [1.807, 2.05) is 0 Å². The average molecular weight is 229 g/mol. The van der Waals surface area contributed by atoms with E-state index in [0.29, 0.717) is 5.69 Å². The van der Waals surface area contributed by atoms with Crippen LogP contribution in [0.1, 0.15) is 40.0 Å². The Balaban J connectivity index is 2.24. The van der Waals surface area contributed by atoms with Gasteiger partial charge in [-0.25, -0.2) is 4.79 Å². The molecule has 1 heterocycles. The molecule has 1 aliphatic carbocycles. The predicted octanol–water partition coefficient (Wildman–Crippen LogP) is 2.45. The number of aromatic carboxylic acids is 1. The van der Waals surface area contributed by atoms with Crippen LogP contribution in [0.5, 0.6) is 0 Å². The SMILES string of the molecule is O=C(O)c1cccc2c1C(=O)C1CCCC1=N2. The summed E-state index contributed by atoms with van der Waals surface area (Å²) >= 11 is 0. The Morgan fingerprint density at radius 1 is 1.41 bits per heavy atom. The molecule has 0 saturated heterocycles. The number of aliphatic imine (C=N–C) groups is 1. The zero-order valence-corrected chi connectivity index (χ0v) is 9.14. The summed E-state index contributed by atoms with van der Waals surface area (Å²) in [7, 11) is 0. The summed E-state index contributed by atoms with van der Waals surface area (Å²) in [6.45, 7) is 0. The predicted molar refractivity (Wildman–Crippen MR) is 62.2 cm³/mol. The van der Waals surface area contributed by atoms with Gasteiger partial charge in [-0.1, -0.05) is 6.07 Å². The third kappa shape index (κ3) is 1.40. The normalized spacial score (nSPS) is 21.8. The summed E-state index contributed by atoms with van der Waals surface area (Å²) in [5.41, 5.74) is 1.80. The first kappa shape index (κ1) is 10.2. The summed E-state index contributed by atoms with van der Waals surface area (Å²) in [5.74, 6) is -1.31. The number of Topliss-reactive ketones (excluding diaryl/α,β-unsaturated/α-hetero) is 1. The van der Waals surface area contributed by atoms with Gasteiger partial charge in [0.25, 0.3) is 0 Å². The molecule has 4 nitrogen and oxygen atoms in total. The molecule has 1 fully saturated rings. The second-order valence-electron chi connectivity index (χ2n) is 4.42. The molecule has 1 N–H and O–H groups in total. The molecule has 2 aliphatic rings. The second-order valence-corrected chi connectivity index (χ2v) is 4.42. The van der Waals surface area contributed by atoms with Gasteiger partial charge in [-0.05, 0) is 31.4 Å². The van der Waals surface area contributed by atoms with Crippen LogP contribution in [0.3, 0.4) is 0 Å². The number of carbonyl (C=O) groups is 2. The number of benzene rings is 1. The molecule has 1 aromatic carbocycles. The van der Waals surface area contributed by atoms with Crippen LogP contribution in [-0.2, 0) is 0 Å². The van der Waals surface area contributed by atoms with Gasteiger partial charge < -0.3 is 5.11 Å². The Hall–Kier alpha value is -1.97. The largest absolute Gasteiger partial charge is 0.478 e. The molecule has 0 aromatic heterocycles. The number of carboxylic acid groups (broad SMARTS) is 1. The standard InChI is InChI=1S/C13H11NO3/c15-12-7-3-1-5-9(7)14-10-6-2-4-8(11(10)12)13(16)17/h2,4,6-7H,1,3,5H2,(H,16,17). The summed E-state index contributed by atoms with van der Waals surface area (Å²) in [6.07, 6.45) is 2.61. The fourth-order valence-electron chi connectivity index (χ4n) is 2.64. The number of hydrogen-bond donors (Lipinski definition) is 1. The third-order valence-electron chi connectivity index (χ3n) is 3.43. The summed E-state index contributed by atoms with van der Waals surface area (Å²) in [6, 6.07) is 4.81. The third-order valence-corrected chi connectivity index (χ3v) is 3.43. The topological polar surface area (TPSA) is 66.7 Å². The van der Waals surface area contributed by atoms with Crippen molar-refractivity contribution in [3.05, 3.63) is 29.3 Å². The number of ketones is 1. The van der Waals surface area contributed by atoms with Gasteiger partial charge in [-0.3, -0.25) is 9.79 Å². The van der Waals surface area contributed by atoms with E-state index in [4.69, 9.17) is 5.11 Å². The van der Waals surface area contributed by atoms with Gasteiger partial charge in [0.1, 0.15) is 0 Å². The second kappa shape index (κ2) is 3.52. The van der Waals surface area contributed by atoms with E-state index in [9.17, 15) is 9.59 Å². The Morgan fingerprint density at radius 2 is 2.24 bits per heavy atom. The van der Waals surface area contributed by atoms with Crippen molar-refractivity contribution in [2.45, 2.75) is 19.3 Å². The first-order valence-corrected chi connectivity index (χ1v) is 5.66. The van der Waals surface area contributed by atoms with Gasteiger partial charge in [0, 0.05) is 5.71 Å². The molecule has 1 aromatic rings. The minimum absolute atomic E-state index is 0.0690. The first-order chi connectivity index (χ1) is 8.18. The van der Waals surface area contributed by atoms with Gasteiger partial charge in [0.05, 0.1) is 22.7 Å². The molecule has 3 rings (SSSR count). The van der Waals surface area contributed by atoms with Crippen molar-refractivity contribution in [3.63, 3.8) is 0 Å². The van der Waals surface area contributed by atoms with Crippen molar-refractivity contribution in [2.75, 3.05) is 0 Å². The lowest BCUT2D eigenvalue weighted by atomic mass is 9.88. The molecule has 1 saturated carbocycles. The molecule has 0 spiro atoms. The molecule has 1 atom stereocenters. The molecule has 1 unspecified atom stereocenters. The van der Waals surface area contributed by atoms with Crippen molar-refractivity contribution >= 4 is 23.2 Å². The molecule has 17 heavy (non-hydrogen) atoms. The average Bonchev–Trinajstić information content (AvgIpc) is 2.76. The van der Waals surface area contributed by atoms with E-state index < -0.39 is 5.97 Å². The van der Waals surface area contributed by atoms with E-state index in [0.717, 1.165) is 25.0 Å². The smallest absolute Gasteiger partial charge is 0.336 e. The lowest BCUT2D eigenvalue weighted by molar-refractivity contribution is 0.0691. The van der Waals surface area contributed by atoms with Crippen LogP contribution in [0.2, 0.25) is 0 Å². The first-order valence-electron chi connectivity index (χ1n) is 5.66. The maximum absolute atomic E-state index is 12.3. The number of nitrogens with zero attached hydrogens (tertiary/aromatic N) is 1. The van der Waals surface area contributed by atoms with Gasteiger partial charge in [0.2, 0.25) is 0 Å². The molecule has 86 valence electrons. The van der Waals surface area contributed by atoms with E-state index in [-0.39, 0.29) is 22.8 Å². The minimum atomic E-state index is -1.06. The number of fused-ring (bicyclic) bond motifs is 2. The van der Waals surface area contributed by atoms with Crippen LogP contribution in [0.25, 0.3) is 0 Å². The fraction of sp³-hybridized carbons (Fsp3) is 0.308. The van der Waals surface area contributed by atoms with Gasteiger partial charge >= 0.3 is 5.97 Å². The lowest BCUT2D eigenvalue weighted by Gasteiger charge is -2.19. The molecule has 0 amide bonds. The Morgan fingerprint density at radius 3 is 3.00 bits per heavy atom. The Kier molecular flexibility index (Phi) is 2.11. The van der Waals surface area contributed by atoms with Crippen molar-refractivity contribution in [2.24, 2.45) is 10.9 Å². The van der Waals surface area contributed by atoms with Crippen LogP contribution in [-0.4, -0.2) is 22.6 Å². The summed E-state index contributed by atoms with van der Waals surface area (Å²) in [4.78, 5) is 27.8. The van der Waals surface area contributed by atoms with E-state index in [2.05, 4.69) is 4.99 Å². The highest BCUT2D eigenvalue weighted by Gasteiger charge is 2.36. The monoisotopic (exact) mass is 229 g/mol. The highest BCUT2D eigenvalue weighted by atomic mass is 16.4. The number of rotatable bonds is 1. The van der Waals surface area contributed by atoms with Gasteiger partial charge in [-0.2, -0.15) is 0 Å². The minimum Gasteiger partial charge on any atom is -0.478 e. The highest BCUT2D eigenvalue weighted by Crippen LogP contribution is 2.37. The van der Waals surface area contributed by atoms with Crippen LogP contribution in [0.4, 0.5) is 5.69 Å². The number of hydrogen-bond acceptors (Lipinski definition) is 3. The quantitative estimate of drug-likeness (QED) is 0.804. The van der Waals surface area contributed by atoms with Crippen molar-refractivity contribution in [1.82, 2.24) is 0 Å². The highest BCUT2D eigenvalue weighted by molar-refractivity contribution is 6.21. The molecule has 4 heteroatoms. The maximum Gasteiger partial charge on any atom is 0.336 e. The Labute approximate surface area is 98.0 Å². The number of carboxylic acids is 1. The van der Waals surface area contributed by atoms with Crippen LogP contribution < -0.4 is 0 Å². The number of carbonyl (C=O) groups excluding carboxylic acids is 1. The lowest BCUT2D eigenvalue weighted by Crippen LogP contribution is -2.24. The zero-order chi connectivity index (χ0) is 12.0. The van der Waals surface area contributed by atoms with Gasteiger partial charge in [0.15, 0.2) is 5.78 Å². The maximum atomic E-state index is 12.3. The van der Waals surface area contributed by atoms with Crippen LogP contribution in [0.15, 0.2) is 23.2 Å². The van der Waals surface area contributed by atoms with E-state index in [1.165, 1.54) is 6.07 Å². The fourth-order valence-corrected chi connectivity index (χ4v) is 2.64. The summed E-state index contributed by atoms with van der Waals surface area (Å²) in [5, 5.41) is 9.10. The molecular formula is C13H11NO3. The van der Waals surface area contributed by atoms with Crippen molar-refractivity contribution < 1.29 is 14.7 Å². The molecular weight excluding hydrogens is 218 g/mol.